The van der Waals surface area contributed by atoms with Crippen molar-refractivity contribution in [3.05, 3.63) is 40.3 Å². The second-order valence-electron chi connectivity index (χ2n) is 3.46. The number of rotatable bonds is 4. The number of benzene rings is 1. The fourth-order valence-corrected chi connectivity index (χ4v) is 2.25. The number of thiazole rings is 1. The van der Waals surface area contributed by atoms with E-state index in [9.17, 15) is 0 Å². The number of aromatic nitrogens is 1. The summed E-state index contributed by atoms with van der Waals surface area (Å²) >= 11 is 1.53. The van der Waals surface area contributed by atoms with E-state index in [0.717, 1.165) is 16.3 Å². The van der Waals surface area contributed by atoms with Gasteiger partial charge >= 0.3 is 0 Å². The van der Waals surface area contributed by atoms with Gasteiger partial charge in [0.25, 0.3) is 0 Å². The SMILES string of the molecule is COc1ccc(C(N)c2nccs2)c(OC)c1. The van der Waals surface area contributed by atoms with Gasteiger partial charge in [-0.05, 0) is 12.1 Å². The molecule has 1 heterocycles. The van der Waals surface area contributed by atoms with E-state index in [1.807, 2.05) is 23.6 Å². The van der Waals surface area contributed by atoms with Crippen LogP contribution in [-0.2, 0) is 0 Å². The number of ether oxygens (including phenoxy) is 2. The fourth-order valence-electron chi connectivity index (χ4n) is 1.60. The zero-order valence-corrected chi connectivity index (χ0v) is 10.5. The van der Waals surface area contributed by atoms with Gasteiger partial charge in [0.2, 0.25) is 0 Å². The van der Waals surface area contributed by atoms with Crippen LogP contribution in [-0.4, -0.2) is 19.2 Å². The van der Waals surface area contributed by atoms with Gasteiger partial charge in [0.05, 0.1) is 20.3 Å². The summed E-state index contributed by atoms with van der Waals surface area (Å²) in [5.74, 6) is 1.46. The molecule has 90 valence electrons. The van der Waals surface area contributed by atoms with Gasteiger partial charge in [0.15, 0.2) is 0 Å². The Kier molecular flexibility index (Phi) is 3.61. The average Bonchev–Trinajstić information content (AvgIpc) is 2.91. The first-order valence-electron chi connectivity index (χ1n) is 5.13. The Morgan fingerprint density at radius 1 is 1.29 bits per heavy atom. The molecule has 0 amide bonds. The van der Waals surface area contributed by atoms with Crippen LogP contribution in [0.4, 0.5) is 0 Å². The summed E-state index contributed by atoms with van der Waals surface area (Å²) in [7, 11) is 3.24. The summed E-state index contributed by atoms with van der Waals surface area (Å²) in [5, 5.41) is 2.78. The van der Waals surface area contributed by atoms with Crippen molar-refractivity contribution in [3.8, 4) is 11.5 Å². The number of methoxy groups -OCH3 is 2. The van der Waals surface area contributed by atoms with Crippen LogP contribution in [0, 0.1) is 0 Å². The lowest BCUT2D eigenvalue weighted by molar-refractivity contribution is 0.390. The van der Waals surface area contributed by atoms with Crippen LogP contribution in [0.3, 0.4) is 0 Å². The molecule has 2 aromatic rings. The van der Waals surface area contributed by atoms with Crippen molar-refractivity contribution in [2.75, 3.05) is 14.2 Å². The first-order chi connectivity index (χ1) is 8.26. The van der Waals surface area contributed by atoms with E-state index >= 15 is 0 Å². The lowest BCUT2D eigenvalue weighted by Gasteiger charge is -2.14. The highest BCUT2D eigenvalue weighted by atomic mass is 32.1. The van der Waals surface area contributed by atoms with Crippen LogP contribution in [0.25, 0.3) is 0 Å². The molecular formula is C12H14N2O2S. The largest absolute Gasteiger partial charge is 0.497 e. The van der Waals surface area contributed by atoms with Crippen molar-refractivity contribution in [3.63, 3.8) is 0 Å². The van der Waals surface area contributed by atoms with E-state index in [1.165, 1.54) is 11.3 Å². The van der Waals surface area contributed by atoms with Gasteiger partial charge in [-0.15, -0.1) is 11.3 Å². The second-order valence-corrected chi connectivity index (χ2v) is 4.38. The Balaban J connectivity index is 2.38. The maximum atomic E-state index is 6.16. The minimum absolute atomic E-state index is 0.268. The van der Waals surface area contributed by atoms with E-state index in [-0.39, 0.29) is 6.04 Å². The predicted octanol–water partition coefficient (Wildman–Crippen LogP) is 2.21. The fraction of sp³-hybridized carbons (Fsp3) is 0.250. The smallest absolute Gasteiger partial charge is 0.127 e. The molecule has 1 unspecified atom stereocenters. The van der Waals surface area contributed by atoms with Gasteiger partial charge in [0.1, 0.15) is 16.5 Å². The van der Waals surface area contributed by atoms with Crippen molar-refractivity contribution in [2.45, 2.75) is 6.04 Å². The highest BCUT2D eigenvalue weighted by molar-refractivity contribution is 7.09. The minimum Gasteiger partial charge on any atom is -0.497 e. The molecule has 17 heavy (non-hydrogen) atoms. The molecule has 2 rings (SSSR count). The van der Waals surface area contributed by atoms with Crippen molar-refractivity contribution in [1.82, 2.24) is 4.98 Å². The van der Waals surface area contributed by atoms with Gasteiger partial charge in [-0.1, -0.05) is 0 Å². The Morgan fingerprint density at radius 2 is 2.12 bits per heavy atom. The molecule has 5 heteroatoms. The summed E-state index contributed by atoms with van der Waals surface area (Å²) in [6.07, 6.45) is 1.75. The van der Waals surface area contributed by atoms with E-state index in [4.69, 9.17) is 15.2 Å². The third-order valence-electron chi connectivity index (χ3n) is 2.49. The number of hydrogen-bond acceptors (Lipinski definition) is 5. The summed E-state index contributed by atoms with van der Waals surface area (Å²) in [6, 6.07) is 5.33. The predicted molar refractivity (Wildman–Crippen MR) is 67.7 cm³/mol. The maximum absolute atomic E-state index is 6.16. The molecule has 2 N–H and O–H groups in total. The van der Waals surface area contributed by atoms with Crippen molar-refractivity contribution >= 4 is 11.3 Å². The van der Waals surface area contributed by atoms with Crippen molar-refractivity contribution in [2.24, 2.45) is 5.73 Å². The average molecular weight is 250 g/mol. The maximum Gasteiger partial charge on any atom is 0.127 e. The monoisotopic (exact) mass is 250 g/mol. The van der Waals surface area contributed by atoms with Crippen LogP contribution in [0.15, 0.2) is 29.8 Å². The molecular weight excluding hydrogens is 236 g/mol. The summed E-state index contributed by atoms with van der Waals surface area (Å²) in [5.41, 5.74) is 7.06. The lowest BCUT2D eigenvalue weighted by atomic mass is 10.1. The molecule has 0 aliphatic carbocycles. The molecule has 0 aliphatic rings. The first kappa shape index (κ1) is 11.9. The first-order valence-corrected chi connectivity index (χ1v) is 6.01. The van der Waals surface area contributed by atoms with Gasteiger partial charge < -0.3 is 15.2 Å². The van der Waals surface area contributed by atoms with Crippen molar-refractivity contribution in [1.29, 1.82) is 0 Å². The van der Waals surface area contributed by atoms with E-state index in [2.05, 4.69) is 4.98 Å². The van der Waals surface area contributed by atoms with Crippen molar-refractivity contribution < 1.29 is 9.47 Å². The Morgan fingerprint density at radius 3 is 2.71 bits per heavy atom. The molecule has 0 saturated carbocycles. The highest BCUT2D eigenvalue weighted by Gasteiger charge is 2.16. The quantitative estimate of drug-likeness (QED) is 0.903. The molecule has 1 aromatic heterocycles. The van der Waals surface area contributed by atoms with E-state index < -0.39 is 0 Å². The van der Waals surface area contributed by atoms with Crippen LogP contribution < -0.4 is 15.2 Å². The molecule has 0 radical (unpaired) electrons. The second kappa shape index (κ2) is 5.16. The van der Waals surface area contributed by atoms with Gasteiger partial charge in [-0.25, -0.2) is 4.98 Å². The van der Waals surface area contributed by atoms with Crippen LogP contribution in [0.2, 0.25) is 0 Å². The zero-order chi connectivity index (χ0) is 12.3. The molecule has 1 aromatic carbocycles. The summed E-state index contributed by atoms with van der Waals surface area (Å²) < 4.78 is 10.5. The normalized spacial score (nSPS) is 12.2. The number of hydrogen-bond donors (Lipinski definition) is 1. The standard InChI is InChI=1S/C12H14N2O2S/c1-15-8-3-4-9(10(7-8)16-2)11(13)12-14-5-6-17-12/h3-7,11H,13H2,1-2H3. The molecule has 0 fully saturated rings. The minimum atomic E-state index is -0.268. The van der Waals surface area contributed by atoms with E-state index in [1.54, 1.807) is 20.4 Å². The third-order valence-corrected chi connectivity index (χ3v) is 3.35. The lowest BCUT2D eigenvalue weighted by Crippen LogP contribution is -2.12. The third kappa shape index (κ3) is 2.40. The molecule has 0 spiro atoms. The number of nitrogens with two attached hydrogens (primary N) is 1. The zero-order valence-electron chi connectivity index (χ0n) is 9.71. The number of nitrogens with zero attached hydrogens (tertiary/aromatic N) is 1. The molecule has 0 saturated heterocycles. The Bertz CT molecular complexity index is 485. The summed E-state index contributed by atoms with van der Waals surface area (Å²) in [4.78, 5) is 4.22. The Labute approximate surface area is 104 Å². The molecule has 0 aliphatic heterocycles. The van der Waals surface area contributed by atoms with Crippen LogP contribution in [0.1, 0.15) is 16.6 Å². The highest BCUT2D eigenvalue weighted by Crippen LogP contribution is 2.32. The van der Waals surface area contributed by atoms with Crippen LogP contribution in [0.5, 0.6) is 11.5 Å². The van der Waals surface area contributed by atoms with Gasteiger partial charge in [-0.3, -0.25) is 0 Å². The Hall–Kier alpha value is -1.59. The van der Waals surface area contributed by atoms with Crippen LogP contribution >= 0.6 is 11.3 Å². The topological polar surface area (TPSA) is 57.4 Å². The summed E-state index contributed by atoms with van der Waals surface area (Å²) in [6.45, 7) is 0. The van der Waals surface area contributed by atoms with E-state index in [0.29, 0.717) is 5.75 Å². The van der Waals surface area contributed by atoms with Gasteiger partial charge in [-0.2, -0.15) is 0 Å². The molecule has 4 nitrogen and oxygen atoms in total. The molecule has 1 atom stereocenters. The van der Waals surface area contributed by atoms with Gasteiger partial charge in [0, 0.05) is 23.2 Å². The molecule has 0 bridgehead atoms.